The summed E-state index contributed by atoms with van der Waals surface area (Å²) < 4.78 is 36.9. The lowest BCUT2D eigenvalue weighted by Crippen LogP contribution is -2.05. The van der Waals surface area contributed by atoms with E-state index < -0.39 is 15.7 Å². The van der Waals surface area contributed by atoms with Gasteiger partial charge in [-0.05, 0) is 48.9 Å². The number of hydrogen-bond acceptors (Lipinski definition) is 3. The Morgan fingerprint density at radius 2 is 1.71 bits per heavy atom. The Kier molecular flexibility index (Phi) is 4.85. The predicted molar refractivity (Wildman–Crippen MR) is 83.5 cm³/mol. The van der Waals surface area contributed by atoms with E-state index in [1.165, 1.54) is 12.1 Å². The van der Waals surface area contributed by atoms with Gasteiger partial charge < -0.3 is 5.32 Å². The summed E-state index contributed by atoms with van der Waals surface area (Å²) in [6, 6.07) is 10.7. The van der Waals surface area contributed by atoms with E-state index in [1.54, 1.807) is 30.3 Å². The Balaban J connectivity index is 2.18. The first kappa shape index (κ1) is 15.8. The molecule has 0 spiro atoms. The molecule has 2 aromatic rings. The molecular formula is C15H15ClFNO2S. The minimum Gasteiger partial charge on any atom is -0.355 e. The maximum Gasteiger partial charge on any atom is 0.178 e. The minimum atomic E-state index is -3.21. The van der Waals surface area contributed by atoms with Crippen LogP contribution in [0.5, 0.6) is 0 Å². The van der Waals surface area contributed by atoms with Gasteiger partial charge in [-0.15, -0.1) is 0 Å². The van der Waals surface area contributed by atoms with Crippen molar-refractivity contribution < 1.29 is 12.8 Å². The molecule has 0 atom stereocenters. The summed E-state index contributed by atoms with van der Waals surface area (Å²) in [5.74, 6) is -0.351. The highest BCUT2D eigenvalue weighted by atomic mass is 35.5. The molecule has 0 saturated carbocycles. The molecule has 0 amide bonds. The first-order valence-corrected chi connectivity index (χ1v) is 8.50. The highest BCUT2D eigenvalue weighted by Gasteiger charge is 2.12. The van der Waals surface area contributed by atoms with Crippen molar-refractivity contribution in [3.05, 3.63) is 53.3 Å². The average molecular weight is 328 g/mol. The summed E-state index contributed by atoms with van der Waals surface area (Å²) in [6.07, 6.45) is 0.580. The fraction of sp³-hybridized carbons (Fsp3) is 0.200. The fourth-order valence-corrected chi connectivity index (χ4v) is 3.38. The molecule has 0 fully saturated rings. The third-order valence-corrected chi connectivity index (χ3v) is 5.12. The molecule has 0 radical (unpaired) electrons. The van der Waals surface area contributed by atoms with Crippen LogP contribution in [0.1, 0.15) is 13.3 Å². The third kappa shape index (κ3) is 3.95. The van der Waals surface area contributed by atoms with E-state index in [0.717, 1.165) is 0 Å². The molecular weight excluding hydrogens is 313 g/mol. The Morgan fingerprint density at radius 1 is 1.10 bits per heavy atom. The summed E-state index contributed by atoms with van der Waals surface area (Å²) in [7, 11) is -3.21. The molecule has 1 N–H and O–H groups in total. The quantitative estimate of drug-likeness (QED) is 0.885. The SMILES string of the molecule is CCCS(=O)(=O)c1ccc(Nc2ccc(F)c(Cl)c2)cc1. The van der Waals surface area contributed by atoms with Crippen LogP contribution in [0.2, 0.25) is 5.02 Å². The van der Waals surface area contributed by atoms with Gasteiger partial charge in [0.15, 0.2) is 9.84 Å². The standard InChI is InChI=1S/C15H15ClFNO2S/c1-2-9-21(19,20)13-6-3-11(4-7-13)18-12-5-8-15(17)14(16)10-12/h3-8,10,18H,2,9H2,1H3. The van der Waals surface area contributed by atoms with Crippen molar-refractivity contribution in [3.8, 4) is 0 Å². The summed E-state index contributed by atoms with van der Waals surface area (Å²) >= 11 is 5.71. The number of benzene rings is 2. The first-order valence-electron chi connectivity index (χ1n) is 6.47. The van der Waals surface area contributed by atoms with Crippen molar-refractivity contribution in [3.63, 3.8) is 0 Å². The van der Waals surface area contributed by atoms with Gasteiger partial charge >= 0.3 is 0 Å². The number of rotatable bonds is 5. The number of nitrogens with one attached hydrogen (secondary N) is 1. The van der Waals surface area contributed by atoms with Crippen LogP contribution in [0.3, 0.4) is 0 Å². The molecule has 6 heteroatoms. The van der Waals surface area contributed by atoms with Gasteiger partial charge in [-0.1, -0.05) is 18.5 Å². The molecule has 21 heavy (non-hydrogen) atoms. The number of anilines is 2. The van der Waals surface area contributed by atoms with Gasteiger partial charge in [0, 0.05) is 11.4 Å². The van der Waals surface area contributed by atoms with Crippen molar-refractivity contribution in [1.82, 2.24) is 0 Å². The van der Waals surface area contributed by atoms with Gasteiger partial charge in [-0.25, -0.2) is 12.8 Å². The highest BCUT2D eigenvalue weighted by Crippen LogP contribution is 2.23. The second-order valence-electron chi connectivity index (χ2n) is 4.60. The van der Waals surface area contributed by atoms with Crippen LogP contribution in [-0.4, -0.2) is 14.2 Å². The van der Waals surface area contributed by atoms with E-state index in [2.05, 4.69) is 5.32 Å². The van der Waals surface area contributed by atoms with Crippen molar-refractivity contribution in [1.29, 1.82) is 0 Å². The molecule has 2 rings (SSSR count). The lowest BCUT2D eigenvalue weighted by Gasteiger charge is -2.08. The van der Waals surface area contributed by atoms with Crippen LogP contribution in [0.15, 0.2) is 47.4 Å². The number of hydrogen-bond donors (Lipinski definition) is 1. The van der Waals surface area contributed by atoms with Crippen LogP contribution in [0, 0.1) is 5.82 Å². The smallest absolute Gasteiger partial charge is 0.178 e. The molecule has 0 bridgehead atoms. The summed E-state index contributed by atoms with van der Waals surface area (Å²) in [5, 5.41) is 3.07. The highest BCUT2D eigenvalue weighted by molar-refractivity contribution is 7.91. The zero-order valence-corrected chi connectivity index (χ0v) is 13.0. The van der Waals surface area contributed by atoms with Crippen LogP contribution < -0.4 is 5.32 Å². The van der Waals surface area contributed by atoms with Crippen molar-refractivity contribution >= 4 is 32.8 Å². The lowest BCUT2D eigenvalue weighted by atomic mass is 10.2. The summed E-state index contributed by atoms with van der Waals surface area (Å²) in [4.78, 5) is 0.298. The van der Waals surface area contributed by atoms with Crippen LogP contribution in [0.4, 0.5) is 15.8 Å². The Hall–Kier alpha value is -1.59. The van der Waals surface area contributed by atoms with Crippen LogP contribution in [0.25, 0.3) is 0 Å². The fourth-order valence-electron chi connectivity index (χ4n) is 1.87. The van der Waals surface area contributed by atoms with Crippen molar-refractivity contribution in [2.75, 3.05) is 11.1 Å². The minimum absolute atomic E-state index is 0.0298. The van der Waals surface area contributed by atoms with E-state index in [-0.39, 0.29) is 10.8 Å². The van der Waals surface area contributed by atoms with Crippen LogP contribution >= 0.6 is 11.6 Å². The first-order chi connectivity index (χ1) is 9.92. The molecule has 112 valence electrons. The van der Waals surface area contributed by atoms with Gasteiger partial charge in [-0.3, -0.25) is 0 Å². The predicted octanol–water partition coefficient (Wildman–Crippen LogP) is 4.41. The van der Waals surface area contributed by atoms with E-state index in [4.69, 9.17) is 11.6 Å². The summed E-state index contributed by atoms with van der Waals surface area (Å²) in [5.41, 5.74) is 1.33. The Bertz CT molecular complexity index is 730. The monoisotopic (exact) mass is 327 g/mol. The molecule has 3 nitrogen and oxygen atoms in total. The molecule has 0 aromatic heterocycles. The van der Waals surface area contributed by atoms with Crippen LogP contribution in [-0.2, 0) is 9.84 Å². The zero-order valence-electron chi connectivity index (χ0n) is 11.4. The van der Waals surface area contributed by atoms with Gasteiger partial charge in [0.25, 0.3) is 0 Å². The molecule has 2 aromatic carbocycles. The van der Waals surface area contributed by atoms with E-state index in [9.17, 15) is 12.8 Å². The van der Waals surface area contributed by atoms with Gasteiger partial charge in [0.05, 0.1) is 15.7 Å². The summed E-state index contributed by atoms with van der Waals surface area (Å²) in [6.45, 7) is 1.83. The number of sulfone groups is 1. The zero-order chi connectivity index (χ0) is 15.5. The second kappa shape index (κ2) is 6.45. The molecule has 0 aliphatic heterocycles. The normalized spacial score (nSPS) is 11.4. The van der Waals surface area contributed by atoms with Gasteiger partial charge in [0.1, 0.15) is 5.82 Å². The topological polar surface area (TPSA) is 46.2 Å². The third-order valence-electron chi connectivity index (χ3n) is 2.89. The van der Waals surface area contributed by atoms with E-state index in [0.29, 0.717) is 22.7 Å². The molecule has 0 unspecified atom stereocenters. The molecule has 0 saturated heterocycles. The Labute approximate surface area is 128 Å². The van der Waals surface area contributed by atoms with Crippen molar-refractivity contribution in [2.45, 2.75) is 18.2 Å². The average Bonchev–Trinajstić information content (AvgIpc) is 2.43. The molecule has 0 heterocycles. The van der Waals surface area contributed by atoms with E-state index >= 15 is 0 Å². The maximum absolute atomic E-state index is 13.1. The van der Waals surface area contributed by atoms with E-state index in [1.807, 2.05) is 6.92 Å². The number of halogens is 2. The maximum atomic E-state index is 13.1. The van der Waals surface area contributed by atoms with Gasteiger partial charge in [0.2, 0.25) is 0 Å². The van der Waals surface area contributed by atoms with Crippen molar-refractivity contribution in [2.24, 2.45) is 0 Å². The molecule has 0 aliphatic rings. The largest absolute Gasteiger partial charge is 0.355 e. The second-order valence-corrected chi connectivity index (χ2v) is 7.11. The van der Waals surface area contributed by atoms with Gasteiger partial charge in [-0.2, -0.15) is 0 Å². The lowest BCUT2D eigenvalue weighted by molar-refractivity contribution is 0.594. The Morgan fingerprint density at radius 3 is 2.29 bits per heavy atom. The molecule has 0 aliphatic carbocycles.